The summed E-state index contributed by atoms with van der Waals surface area (Å²) in [6.45, 7) is 3.77. The first-order chi connectivity index (χ1) is 5.93. The van der Waals surface area contributed by atoms with Crippen LogP contribution >= 0.6 is 0 Å². The maximum Gasteiger partial charge on any atom is 0.0121 e. The van der Waals surface area contributed by atoms with E-state index in [1.165, 1.54) is 5.56 Å². The van der Waals surface area contributed by atoms with Crippen LogP contribution in [0.25, 0.3) is 0 Å². The first-order valence-electron chi connectivity index (χ1n) is 4.27. The van der Waals surface area contributed by atoms with Crippen LogP contribution in [-0.2, 0) is 0 Å². The third-order valence-electron chi connectivity index (χ3n) is 1.60. The largest absolute Gasteiger partial charge is 0.0879 e. The Hall–Kier alpha value is -1.04. The molecule has 1 aromatic carbocycles. The van der Waals surface area contributed by atoms with Crippen molar-refractivity contribution >= 4 is 0 Å². The topological polar surface area (TPSA) is 0 Å². The monoisotopic (exact) mass is 158 g/mol. The molecule has 0 heterocycles. The quantitative estimate of drug-likeness (QED) is 0.630. The minimum absolute atomic E-state index is 0.971. The Morgan fingerprint density at radius 1 is 1.17 bits per heavy atom. The Kier molecular flexibility index (Phi) is 4.22. The minimum Gasteiger partial charge on any atom is -0.0879 e. The maximum absolute atomic E-state index is 3.77. The molecule has 62 valence electrons. The number of allylic oxidation sites excluding steroid dienone is 2. The standard InChI is InChI=1S/C12H14/c1-2-3-4-6-9-12-10-7-5-8-11-12/h4-11H,1-3H2. The average Bonchev–Trinajstić information content (AvgIpc) is 2.14. The van der Waals surface area contributed by atoms with Crippen molar-refractivity contribution < 1.29 is 0 Å². The van der Waals surface area contributed by atoms with Crippen LogP contribution in [0.1, 0.15) is 18.4 Å². The molecule has 0 spiro atoms. The van der Waals surface area contributed by atoms with Gasteiger partial charge in [-0.25, -0.2) is 0 Å². The lowest BCUT2D eigenvalue weighted by atomic mass is 10.1. The molecule has 0 aliphatic carbocycles. The summed E-state index contributed by atoms with van der Waals surface area (Å²) in [5.74, 6) is 0. The molecule has 0 aliphatic rings. The van der Waals surface area contributed by atoms with E-state index in [2.05, 4.69) is 37.6 Å². The predicted octanol–water partition coefficient (Wildman–Crippen LogP) is 3.41. The predicted molar refractivity (Wildman–Crippen MR) is 53.6 cm³/mol. The van der Waals surface area contributed by atoms with Crippen molar-refractivity contribution in [1.29, 1.82) is 0 Å². The van der Waals surface area contributed by atoms with Crippen LogP contribution in [0.2, 0.25) is 0 Å². The molecule has 1 aromatic rings. The molecule has 0 bridgehead atoms. The van der Waals surface area contributed by atoms with Crippen molar-refractivity contribution in [2.24, 2.45) is 0 Å². The van der Waals surface area contributed by atoms with E-state index in [4.69, 9.17) is 0 Å². The van der Waals surface area contributed by atoms with Gasteiger partial charge in [-0.3, -0.25) is 0 Å². The Balaban J connectivity index is 2.33. The second-order valence-corrected chi connectivity index (χ2v) is 2.65. The van der Waals surface area contributed by atoms with E-state index in [1.807, 2.05) is 18.2 Å². The second-order valence-electron chi connectivity index (χ2n) is 2.65. The van der Waals surface area contributed by atoms with Gasteiger partial charge in [0.25, 0.3) is 0 Å². The molecule has 0 N–H and O–H groups in total. The lowest BCUT2D eigenvalue weighted by molar-refractivity contribution is 1.05. The molecule has 12 heavy (non-hydrogen) atoms. The fraction of sp³-hybridized carbons (Fsp3) is 0.167. The van der Waals surface area contributed by atoms with Gasteiger partial charge in [-0.15, -0.1) is 0 Å². The molecule has 0 aromatic heterocycles. The van der Waals surface area contributed by atoms with E-state index in [1.54, 1.807) is 0 Å². The number of rotatable bonds is 4. The first kappa shape index (κ1) is 9.05. The highest BCUT2D eigenvalue weighted by Gasteiger charge is 1.84. The number of unbranched alkanes of at least 4 members (excludes halogenated alkanes) is 1. The number of hydrogen-bond donors (Lipinski definition) is 0. The Bertz CT molecular complexity index is 221. The lowest BCUT2D eigenvalue weighted by Gasteiger charge is -1.92. The number of hydrogen-bond acceptors (Lipinski definition) is 0. The van der Waals surface area contributed by atoms with Crippen molar-refractivity contribution in [3.05, 3.63) is 61.4 Å². The van der Waals surface area contributed by atoms with Gasteiger partial charge in [0.2, 0.25) is 0 Å². The van der Waals surface area contributed by atoms with Gasteiger partial charge in [0.15, 0.2) is 0 Å². The third-order valence-corrected chi connectivity index (χ3v) is 1.60. The van der Waals surface area contributed by atoms with E-state index in [-0.39, 0.29) is 0 Å². The molecule has 0 saturated heterocycles. The molecule has 0 unspecified atom stereocenters. The molecule has 0 heteroatoms. The molecule has 0 aliphatic heterocycles. The zero-order chi connectivity index (χ0) is 8.65. The van der Waals surface area contributed by atoms with Gasteiger partial charge in [0.05, 0.1) is 0 Å². The van der Waals surface area contributed by atoms with Crippen molar-refractivity contribution in [3.8, 4) is 0 Å². The summed E-state index contributed by atoms with van der Waals surface area (Å²) in [6.07, 6.45) is 8.36. The average molecular weight is 158 g/mol. The van der Waals surface area contributed by atoms with Crippen molar-refractivity contribution in [1.82, 2.24) is 0 Å². The molecule has 0 nitrogen and oxygen atoms in total. The van der Waals surface area contributed by atoms with E-state index >= 15 is 0 Å². The first-order valence-corrected chi connectivity index (χ1v) is 4.27. The summed E-state index contributed by atoms with van der Waals surface area (Å²) in [4.78, 5) is 0. The molecule has 0 amide bonds. The highest BCUT2D eigenvalue weighted by atomic mass is 13.9. The molecular formula is C12H14. The van der Waals surface area contributed by atoms with Crippen LogP contribution in [-0.4, -0.2) is 0 Å². The minimum atomic E-state index is 0.971. The van der Waals surface area contributed by atoms with Gasteiger partial charge in [0, 0.05) is 6.42 Å². The van der Waals surface area contributed by atoms with Gasteiger partial charge >= 0.3 is 0 Å². The summed E-state index contributed by atoms with van der Waals surface area (Å²) in [7, 11) is 0. The fourth-order valence-electron chi connectivity index (χ4n) is 0.957. The van der Waals surface area contributed by atoms with Crippen LogP contribution < -0.4 is 0 Å². The molecule has 0 atom stereocenters. The summed E-state index contributed by atoms with van der Waals surface area (Å²) in [5, 5.41) is 0. The smallest absolute Gasteiger partial charge is 0.0121 e. The molecule has 0 saturated carbocycles. The highest BCUT2D eigenvalue weighted by Crippen LogP contribution is 2.02. The molecule has 1 rings (SSSR count). The zero-order valence-electron chi connectivity index (χ0n) is 7.24. The van der Waals surface area contributed by atoms with Crippen molar-refractivity contribution in [3.63, 3.8) is 0 Å². The lowest BCUT2D eigenvalue weighted by Crippen LogP contribution is -1.74. The van der Waals surface area contributed by atoms with E-state index in [9.17, 15) is 0 Å². The Labute approximate surface area is 74.9 Å². The summed E-state index contributed by atoms with van der Waals surface area (Å²) < 4.78 is 0. The Morgan fingerprint density at radius 3 is 2.58 bits per heavy atom. The zero-order valence-corrected chi connectivity index (χ0v) is 7.24. The summed E-state index contributed by atoms with van der Waals surface area (Å²) in [6, 6.07) is 10.3. The SMILES string of the molecule is [CH2]CCC=C[CH]c1ccccc1. The van der Waals surface area contributed by atoms with Crippen LogP contribution in [0.4, 0.5) is 0 Å². The second kappa shape index (κ2) is 5.59. The van der Waals surface area contributed by atoms with Crippen molar-refractivity contribution in [2.45, 2.75) is 12.8 Å². The summed E-state index contributed by atoms with van der Waals surface area (Å²) >= 11 is 0. The van der Waals surface area contributed by atoms with Gasteiger partial charge in [-0.1, -0.05) is 49.4 Å². The van der Waals surface area contributed by atoms with Crippen LogP contribution in [0.5, 0.6) is 0 Å². The Morgan fingerprint density at radius 2 is 1.92 bits per heavy atom. The van der Waals surface area contributed by atoms with Crippen LogP contribution in [0, 0.1) is 13.3 Å². The summed E-state index contributed by atoms with van der Waals surface area (Å²) in [5.41, 5.74) is 1.25. The molecule has 0 fully saturated rings. The van der Waals surface area contributed by atoms with E-state index in [0.29, 0.717) is 0 Å². The molecule has 2 radical (unpaired) electrons. The highest BCUT2D eigenvalue weighted by molar-refractivity contribution is 5.27. The molecular weight excluding hydrogens is 144 g/mol. The van der Waals surface area contributed by atoms with E-state index in [0.717, 1.165) is 12.8 Å². The van der Waals surface area contributed by atoms with Gasteiger partial charge in [-0.05, 0) is 18.4 Å². The van der Waals surface area contributed by atoms with Crippen LogP contribution in [0.3, 0.4) is 0 Å². The van der Waals surface area contributed by atoms with Gasteiger partial charge in [0.1, 0.15) is 0 Å². The van der Waals surface area contributed by atoms with Gasteiger partial charge < -0.3 is 0 Å². The third kappa shape index (κ3) is 3.38. The fourth-order valence-corrected chi connectivity index (χ4v) is 0.957. The van der Waals surface area contributed by atoms with Gasteiger partial charge in [-0.2, -0.15) is 0 Å². The van der Waals surface area contributed by atoms with Crippen LogP contribution in [0.15, 0.2) is 42.5 Å². The number of benzene rings is 1. The maximum atomic E-state index is 3.77. The normalized spacial score (nSPS) is 10.8. The van der Waals surface area contributed by atoms with E-state index < -0.39 is 0 Å². The van der Waals surface area contributed by atoms with Crippen molar-refractivity contribution in [2.75, 3.05) is 0 Å².